The van der Waals surface area contributed by atoms with E-state index in [1.54, 1.807) is 18.2 Å². The van der Waals surface area contributed by atoms with Crippen molar-refractivity contribution >= 4 is 22.5 Å². The number of benzene rings is 1. The summed E-state index contributed by atoms with van der Waals surface area (Å²) < 4.78 is 6.12. The molecule has 1 aromatic carbocycles. The zero-order valence-electron chi connectivity index (χ0n) is 9.69. The Morgan fingerprint density at radius 3 is 2.89 bits per heavy atom. The molecule has 1 aromatic heterocycles. The number of unbranched alkanes of at least 4 members (excludes halogenated alkanes) is 1. The summed E-state index contributed by atoms with van der Waals surface area (Å²) in [6.45, 7) is 4.10. The van der Waals surface area contributed by atoms with Gasteiger partial charge in [-0.2, -0.15) is 0 Å². The van der Waals surface area contributed by atoms with Gasteiger partial charge in [0.15, 0.2) is 0 Å². The Labute approximate surface area is 108 Å². The van der Waals surface area contributed by atoms with Crippen LogP contribution in [-0.4, -0.2) is 4.57 Å². The smallest absolute Gasteiger partial charge is 0.372 e. The van der Waals surface area contributed by atoms with E-state index in [1.807, 2.05) is 0 Å². The molecule has 0 saturated heterocycles. The molecule has 0 saturated carbocycles. The van der Waals surface area contributed by atoms with Crippen LogP contribution in [0.25, 0.3) is 10.9 Å². The van der Waals surface area contributed by atoms with Crippen molar-refractivity contribution in [3.05, 3.63) is 56.8 Å². The standard InChI is InChI=1S/C13H12ClNO3/c1-2-3-4-7-15-11-6-5-9(14)8-10(11)12(16)18-13(15)17/h2,5-6,8H,1,3-4,7H2. The van der Waals surface area contributed by atoms with Crippen LogP contribution in [-0.2, 0) is 6.54 Å². The van der Waals surface area contributed by atoms with Crippen molar-refractivity contribution in [3.8, 4) is 0 Å². The molecule has 0 radical (unpaired) electrons. The minimum atomic E-state index is -0.655. The second-order valence-corrected chi connectivity index (χ2v) is 4.34. The Balaban J connectivity index is 2.61. The number of allylic oxidation sites excluding steroid dienone is 1. The first-order valence-electron chi connectivity index (χ1n) is 5.57. The van der Waals surface area contributed by atoms with E-state index in [-0.39, 0.29) is 0 Å². The number of aryl methyl sites for hydroxylation is 1. The van der Waals surface area contributed by atoms with Gasteiger partial charge < -0.3 is 4.42 Å². The summed E-state index contributed by atoms with van der Waals surface area (Å²) in [6, 6.07) is 4.81. The molecule has 0 fully saturated rings. The van der Waals surface area contributed by atoms with Gasteiger partial charge >= 0.3 is 11.4 Å². The van der Waals surface area contributed by atoms with Gasteiger partial charge in [-0.25, -0.2) is 9.59 Å². The largest absolute Gasteiger partial charge is 0.422 e. The topological polar surface area (TPSA) is 52.2 Å². The van der Waals surface area contributed by atoms with Crippen LogP contribution in [0.2, 0.25) is 5.02 Å². The molecular formula is C13H12ClNO3. The third-order valence-corrected chi connectivity index (χ3v) is 2.89. The van der Waals surface area contributed by atoms with E-state index >= 15 is 0 Å². The number of hydrogen-bond acceptors (Lipinski definition) is 3. The Morgan fingerprint density at radius 1 is 1.39 bits per heavy atom. The van der Waals surface area contributed by atoms with Crippen LogP contribution in [0.5, 0.6) is 0 Å². The molecule has 4 nitrogen and oxygen atoms in total. The lowest BCUT2D eigenvalue weighted by Gasteiger charge is -2.07. The summed E-state index contributed by atoms with van der Waals surface area (Å²) in [7, 11) is 0. The second kappa shape index (κ2) is 5.23. The highest BCUT2D eigenvalue weighted by Crippen LogP contribution is 2.15. The fourth-order valence-electron chi connectivity index (χ4n) is 1.80. The molecule has 5 heteroatoms. The Hall–Kier alpha value is -1.81. The zero-order chi connectivity index (χ0) is 13.1. The monoisotopic (exact) mass is 265 g/mol. The van der Waals surface area contributed by atoms with E-state index in [0.717, 1.165) is 12.8 Å². The molecule has 1 heterocycles. The minimum Gasteiger partial charge on any atom is -0.372 e. The Morgan fingerprint density at radius 2 is 2.17 bits per heavy atom. The summed E-state index contributed by atoms with van der Waals surface area (Å²) >= 11 is 5.83. The maximum atomic E-state index is 11.7. The van der Waals surface area contributed by atoms with Gasteiger partial charge in [0, 0.05) is 11.6 Å². The van der Waals surface area contributed by atoms with Crippen molar-refractivity contribution in [3.63, 3.8) is 0 Å². The summed E-state index contributed by atoms with van der Waals surface area (Å²) in [5.74, 6) is -0.640. The molecule has 0 atom stereocenters. The highest BCUT2D eigenvalue weighted by atomic mass is 35.5. The Kier molecular flexibility index (Phi) is 3.67. The highest BCUT2D eigenvalue weighted by molar-refractivity contribution is 6.31. The van der Waals surface area contributed by atoms with Gasteiger partial charge in [-0.15, -0.1) is 6.58 Å². The molecule has 0 aliphatic carbocycles. The fourth-order valence-corrected chi connectivity index (χ4v) is 1.97. The number of halogens is 1. The van der Waals surface area contributed by atoms with Crippen LogP contribution in [0.3, 0.4) is 0 Å². The molecule has 0 aliphatic heterocycles. The molecule has 0 amide bonds. The van der Waals surface area contributed by atoms with Crippen molar-refractivity contribution in [1.29, 1.82) is 0 Å². The molecule has 0 unspecified atom stereocenters. The van der Waals surface area contributed by atoms with E-state index in [4.69, 9.17) is 11.6 Å². The molecule has 0 aliphatic rings. The molecule has 0 spiro atoms. The highest BCUT2D eigenvalue weighted by Gasteiger charge is 2.09. The SMILES string of the molecule is C=CCCCn1c(=O)oc(=O)c2cc(Cl)ccc21. The molecular weight excluding hydrogens is 254 g/mol. The molecule has 94 valence electrons. The van der Waals surface area contributed by atoms with E-state index in [9.17, 15) is 9.59 Å². The quantitative estimate of drug-likeness (QED) is 0.631. The van der Waals surface area contributed by atoms with Crippen molar-refractivity contribution in [2.24, 2.45) is 0 Å². The zero-order valence-corrected chi connectivity index (χ0v) is 10.4. The molecule has 0 N–H and O–H groups in total. The van der Waals surface area contributed by atoms with Gasteiger partial charge in [0.1, 0.15) is 0 Å². The number of hydrogen-bond donors (Lipinski definition) is 0. The number of aromatic nitrogens is 1. The average molecular weight is 266 g/mol. The molecule has 2 aromatic rings. The van der Waals surface area contributed by atoms with Crippen molar-refractivity contribution < 1.29 is 4.42 Å². The van der Waals surface area contributed by atoms with Crippen LogP contribution in [0.1, 0.15) is 12.8 Å². The summed E-state index contributed by atoms with van der Waals surface area (Å²) in [6.07, 6.45) is 3.33. The predicted molar refractivity (Wildman–Crippen MR) is 71.2 cm³/mol. The van der Waals surface area contributed by atoms with Gasteiger partial charge in [-0.1, -0.05) is 17.7 Å². The lowest BCUT2D eigenvalue weighted by atomic mass is 10.2. The fraction of sp³-hybridized carbons (Fsp3) is 0.231. The second-order valence-electron chi connectivity index (χ2n) is 3.90. The normalized spacial score (nSPS) is 10.7. The summed E-state index contributed by atoms with van der Waals surface area (Å²) in [5.41, 5.74) is -0.109. The first-order chi connectivity index (χ1) is 8.63. The number of rotatable bonds is 4. The van der Waals surface area contributed by atoms with Crippen molar-refractivity contribution in [2.75, 3.05) is 0 Å². The first-order valence-corrected chi connectivity index (χ1v) is 5.95. The number of fused-ring (bicyclic) bond motifs is 1. The lowest BCUT2D eigenvalue weighted by Crippen LogP contribution is -2.25. The van der Waals surface area contributed by atoms with Gasteiger partial charge in [-0.05, 0) is 31.0 Å². The van der Waals surface area contributed by atoms with Crippen LogP contribution in [0.4, 0.5) is 0 Å². The van der Waals surface area contributed by atoms with Gasteiger partial charge in [0.2, 0.25) is 0 Å². The lowest BCUT2D eigenvalue weighted by molar-refractivity contribution is 0.413. The maximum absolute atomic E-state index is 11.7. The summed E-state index contributed by atoms with van der Waals surface area (Å²) in [5, 5.41) is 0.756. The minimum absolute atomic E-state index is 0.320. The van der Waals surface area contributed by atoms with E-state index in [0.29, 0.717) is 22.5 Å². The van der Waals surface area contributed by atoms with Crippen LogP contribution < -0.4 is 11.4 Å². The maximum Gasteiger partial charge on any atom is 0.422 e. The van der Waals surface area contributed by atoms with Crippen molar-refractivity contribution in [2.45, 2.75) is 19.4 Å². The average Bonchev–Trinajstić information content (AvgIpc) is 2.34. The van der Waals surface area contributed by atoms with E-state index < -0.39 is 11.4 Å². The third-order valence-electron chi connectivity index (χ3n) is 2.66. The van der Waals surface area contributed by atoms with Crippen LogP contribution in [0.15, 0.2) is 44.9 Å². The number of nitrogens with zero attached hydrogens (tertiary/aromatic N) is 1. The van der Waals surface area contributed by atoms with E-state index in [1.165, 1.54) is 10.6 Å². The predicted octanol–water partition coefficient (Wildman–Crippen LogP) is 2.57. The van der Waals surface area contributed by atoms with Crippen LogP contribution in [0, 0.1) is 0 Å². The molecule has 2 rings (SSSR count). The van der Waals surface area contributed by atoms with Gasteiger partial charge in [-0.3, -0.25) is 4.57 Å². The Bertz CT molecular complexity index is 699. The summed E-state index contributed by atoms with van der Waals surface area (Å²) in [4.78, 5) is 23.2. The molecule has 0 bridgehead atoms. The van der Waals surface area contributed by atoms with E-state index in [2.05, 4.69) is 11.0 Å². The van der Waals surface area contributed by atoms with Crippen molar-refractivity contribution in [1.82, 2.24) is 4.57 Å². The van der Waals surface area contributed by atoms with Gasteiger partial charge in [0.05, 0.1) is 10.9 Å². The first kappa shape index (κ1) is 12.6. The molecule has 18 heavy (non-hydrogen) atoms. The van der Waals surface area contributed by atoms with Crippen LogP contribution >= 0.6 is 11.6 Å². The van der Waals surface area contributed by atoms with Gasteiger partial charge in [0.25, 0.3) is 0 Å². The third kappa shape index (κ3) is 2.38.